The second-order valence-electron chi connectivity index (χ2n) is 7.27. The highest BCUT2D eigenvalue weighted by molar-refractivity contribution is 14.0. The molecule has 0 saturated carbocycles. The van der Waals surface area contributed by atoms with E-state index in [-0.39, 0.29) is 24.0 Å². The Labute approximate surface area is 182 Å². The second-order valence-corrected chi connectivity index (χ2v) is 7.27. The van der Waals surface area contributed by atoms with Crippen molar-refractivity contribution < 1.29 is 4.74 Å². The molecule has 2 rings (SSSR count). The van der Waals surface area contributed by atoms with Gasteiger partial charge >= 0.3 is 0 Å². The van der Waals surface area contributed by atoms with Gasteiger partial charge in [0, 0.05) is 32.7 Å². The average molecular weight is 488 g/mol. The average Bonchev–Trinajstić information content (AvgIpc) is 3.14. The molecule has 154 valence electrons. The van der Waals surface area contributed by atoms with E-state index in [0.29, 0.717) is 12.0 Å². The summed E-state index contributed by atoms with van der Waals surface area (Å²) in [6.45, 7) is 7.56. The van der Waals surface area contributed by atoms with Crippen LogP contribution in [-0.4, -0.2) is 45.8 Å². The number of para-hydroxylation sites is 2. The molecule has 2 atom stereocenters. The maximum atomic E-state index is 5.51. The number of hydrogen-bond donors (Lipinski definition) is 2. The van der Waals surface area contributed by atoms with Gasteiger partial charge in [0.2, 0.25) is 0 Å². The monoisotopic (exact) mass is 488 g/mol. The fraction of sp³-hybridized carbons (Fsp3) is 0.667. The molecule has 0 amide bonds. The molecule has 1 aliphatic heterocycles. The zero-order valence-electron chi connectivity index (χ0n) is 17.3. The molecule has 0 spiro atoms. The number of guanidine groups is 1. The number of nitrogens with one attached hydrogen (secondary N) is 2. The van der Waals surface area contributed by atoms with E-state index in [2.05, 4.69) is 46.5 Å². The van der Waals surface area contributed by atoms with Crippen LogP contribution in [0.4, 0.5) is 5.69 Å². The summed E-state index contributed by atoms with van der Waals surface area (Å²) in [6, 6.07) is 8.74. The van der Waals surface area contributed by atoms with Crippen molar-refractivity contribution in [3.63, 3.8) is 0 Å². The predicted octanol–water partition coefficient (Wildman–Crippen LogP) is 4.27. The Morgan fingerprint density at radius 1 is 1.33 bits per heavy atom. The molecule has 0 radical (unpaired) electrons. The maximum Gasteiger partial charge on any atom is 0.191 e. The molecule has 2 unspecified atom stereocenters. The lowest BCUT2D eigenvalue weighted by atomic mass is 10.1. The van der Waals surface area contributed by atoms with Gasteiger partial charge in [0.05, 0.1) is 12.8 Å². The van der Waals surface area contributed by atoms with Gasteiger partial charge < -0.3 is 20.3 Å². The third-order valence-corrected chi connectivity index (χ3v) is 5.12. The van der Waals surface area contributed by atoms with Crippen LogP contribution in [-0.2, 0) is 0 Å². The number of rotatable bonds is 9. The van der Waals surface area contributed by atoms with Crippen LogP contribution >= 0.6 is 24.0 Å². The van der Waals surface area contributed by atoms with E-state index in [1.54, 1.807) is 7.11 Å². The SMILES string of the molecule is CCCCCC(C)NC(=NC)NCC1CCN(c2ccccc2OC)C1.I. The summed E-state index contributed by atoms with van der Waals surface area (Å²) in [5.41, 5.74) is 1.20. The molecule has 0 aliphatic carbocycles. The molecule has 27 heavy (non-hydrogen) atoms. The minimum atomic E-state index is 0. The molecule has 0 bridgehead atoms. The van der Waals surface area contributed by atoms with Crippen LogP contribution in [0, 0.1) is 5.92 Å². The summed E-state index contributed by atoms with van der Waals surface area (Å²) in [7, 11) is 3.59. The Morgan fingerprint density at radius 3 is 2.81 bits per heavy atom. The van der Waals surface area contributed by atoms with Crippen LogP contribution < -0.4 is 20.3 Å². The number of hydrogen-bond acceptors (Lipinski definition) is 3. The molecule has 1 aliphatic rings. The van der Waals surface area contributed by atoms with Crippen molar-refractivity contribution in [1.82, 2.24) is 10.6 Å². The number of halogens is 1. The first-order valence-corrected chi connectivity index (χ1v) is 10.0. The van der Waals surface area contributed by atoms with Crippen molar-refractivity contribution in [3.05, 3.63) is 24.3 Å². The lowest BCUT2D eigenvalue weighted by Gasteiger charge is -2.22. The lowest BCUT2D eigenvalue weighted by Crippen LogP contribution is -2.44. The van der Waals surface area contributed by atoms with Crippen molar-refractivity contribution in [1.29, 1.82) is 0 Å². The van der Waals surface area contributed by atoms with Gasteiger partial charge in [-0.15, -0.1) is 24.0 Å². The molecule has 1 aromatic rings. The second kappa shape index (κ2) is 13.1. The van der Waals surface area contributed by atoms with Crippen molar-refractivity contribution in [2.75, 3.05) is 38.7 Å². The maximum absolute atomic E-state index is 5.51. The number of benzene rings is 1. The summed E-state index contributed by atoms with van der Waals surface area (Å²) >= 11 is 0. The number of aliphatic imine (C=N–C) groups is 1. The Morgan fingerprint density at radius 2 is 2.11 bits per heavy atom. The van der Waals surface area contributed by atoms with Crippen molar-refractivity contribution in [3.8, 4) is 5.75 Å². The highest BCUT2D eigenvalue weighted by Gasteiger charge is 2.24. The third kappa shape index (κ3) is 7.76. The first kappa shape index (κ1) is 23.9. The zero-order valence-corrected chi connectivity index (χ0v) is 19.7. The fourth-order valence-electron chi connectivity index (χ4n) is 3.55. The van der Waals surface area contributed by atoms with Crippen molar-refractivity contribution >= 4 is 35.6 Å². The first-order valence-electron chi connectivity index (χ1n) is 10.0. The smallest absolute Gasteiger partial charge is 0.191 e. The van der Waals surface area contributed by atoms with Gasteiger partial charge in [-0.25, -0.2) is 0 Å². The van der Waals surface area contributed by atoms with E-state index in [0.717, 1.165) is 31.3 Å². The molecule has 1 fully saturated rings. The van der Waals surface area contributed by atoms with E-state index in [1.807, 2.05) is 19.2 Å². The molecular formula is C21H37IN4O. The largest absolute Gasteiger partial charge is 0.495 e. The minimum absolute atomic E-state index is 0. The summed E-state index contributed by atoms with van der Waals surface area (Å²) in [6.07, 6.45) is 6.23. The fourth-order valence-corrected chi connectivity index (χ4v) is 3.55. The van der Waals surface area contributed by atoms with Gasteiger partial charge in [0.1, 0.15) is 5.75 Å². The van der Waals surface area contributed by atoms with Crippen LogP contribution in [0.5, 0.6) is 5.75 Å². The number of anilines is 1. The number of unbranched alkanes of at least 4 members (excludes halogenated alkanes) is 2. The van der Waals surface area contributed by atoms with Gasteiger partial charge in [-0.1, -0.05) is 38.3 Å². The number of nitrogens with zero attached hydrogens (tertiary/aromatic N) is 2. The molecular weight excluding hydrogens is 451 g/mol. The number of ether oxygens (including phenoxy) is 1. The van der Waals surface area contributed by atoms with Gasteiger partial charge in [0.25, 0.3) is 0 Å². The highest BCUT2D eigenvalue weighted by Crippen LogP contribution is 2.31. The van der Waals surface area contributed by atoms with Gasteiger partial charge in [0.15, 0.2) is 5.96 Å². The highest BCUT2D eigenvalue weighted by atomic mass is 127. The molecule has 6 heteroatoms. The van der Waals surface area contributed by atoms with Crippen LogP contribution in [0.15, 0.2) is 29.3 Å². The number of methoxy groups -OCH3 is 1. The summed E-state index contributed by atoms with van der Waals surface area (Å²) in [5, 5.41) is 7.03. The zero-order chi connectivity index (χ0) is 18.8. The standard InChI is InChI=1S/C21H36N4O.HI/c1-5-6-7-10-17(2)24-21(22-3)23-15-18-13-14-25(16-18)19-11-8-9-12-20(19)26-4;/h8-9,11-12,17-18H,5-7,10,13-16H2,1-4H3,(H2,22,23,24);1H. The Kier molecular flexibility index (Phi) is 11.6. The van der Waals surface area contributed by atoms with Crippen LogP contribution in [0.2, 0.25) is 0 Å². The molecule has 5 nitrogen and oxygen atoms in total. The normalized spacial score (nSPS) is 18.0. The van der Waals surface area contributed by atoms with Gasteiger partial charge in [-0.3, -0.25) is 4.99 Å². The molecule has 1 heterocycles. The van der Waals surface area contributed by atoms with E-state index in [9.17, 15) is 0 Å². The van der Waals surface area contributed by atoms with Crippen molar-refractivity contribution in [2.24, 2.45) is 10.9 Å². The first-order chi connectivity index (χ1) is 12.7. The van der Waals surface area contributed by atoms with E-state index in [1.165, 1.54) is 37.8 Å². The summed E-state index contributed by atoms with van der Waals surface area (Å²) in [5.74, 6) is 2.50. The predicted molar refractivity (Wildman–Crippen MR) is 127 cm³/mol. The Bertz CT molecular complexity index is 567. The quantitative estimate of drug-likeness (QED) is 0.236. The van der Waals surface area contributed by atoms with E-state index in [4.69, 9.17) is 4.74 Å². The molecule has 1 aromatic carbocycles. The van der Waals surface area contributed by atoms with Crippen molar-refractivity contribution in [2.45, 2.75) is 52.0 Å². The Balaban J connectivity index is 0.00000364. The minimum Gasteiger partial charge on any atom is -0.495 e. The summed E-state index contributed by atoms with van der Waals surface area (Å²) in [4.78, 5) is 6.81. The molecule has 2 N–H and O–H groups in total. The lowest BCUT2D eigenvalue weighted by molar-refractivity contribution is 0.414. The third-order valence-electron chi connectivity index (χ3n) is 5.12. The molecule has 0 aromatic heterocycles. The topological polar surface area (TPSA) is 48.9 Å². The van der Waals surface area contributed by atoms with E-state index < -0.39 is 0 Å². The molecule has 1 saturated heterocycles. The van der Waals surface area contributed by atoms with Crippen LogP contribution in [0.25, 0.3) is 0 Å². The van der Waals surface area contributed by atoms with E-state index >= 15 is 0 Å². The summed E-state index contributed by atoms with van der Waals surface area (Å²) < 4.78 is 5.51. The van der Waals surface area contributed by atoms with Crippen LogP contribution in [0.1, 0.15) is 46.0 Å². The van der Waals surface area contributed by atoms with Gasteiger partial charge in [-0.2, -0.15) is 0 Å². The Hall–Kier alpha value is -1.18. The van der Waals surface area contributed by atoms with Crippen LogP contribution in [0.3, 0.4) is 0 Å². The van der Waals surface area contributed by atoms with Gasteiger partial charge in [-0.05, 0) is 37.8 Å².